The molecule has 1 aromatic carbocycles. The Bertz CT molecular complexity index is 1260. The first-order valence-electron chi connectivity index (χ1n) is 8.45. The Labute approximate surface area is 169 Å². The van der Waals surface area contributed by atoms with Crippen LogP contribution in [0.1, 0.15) is 5.56 Å². The molecule has 0 radical (unpaired) electrons. The van der Waals surface area contributed by atoms with Gasteiger partial charge in [0.2, 0.25) is 5.91 Å². The molecule has 0 saturated heterocycles. The molecule has 3 aromatic heterocycles. The highest BCUT2D eigenvalue weighted by molar-refractivity contribution is 7.14. The molecule has 0 spiro atoms. The third-order valence-corrected chi connectivity index (χ3v) is 5.59. The zero-order valence-corrected chi connectivity index (χ0v) is 16.7. The van der Waals surface area contributed by atoms with Crippen molar-refractivity contribution < 1.29 is 4.79 Å². The van der Waals surface area contributed by atoms with Crippen LogP contribution < -0.4 is 10.9 Å². The number of aromatic nitrogens is 4. The number of anilines is 1. The lowest BCUT2D eigenvalue weighted by atomic mass is 10.1. The number of halogens is 1. The molecule has 0 unspecified atom stereocenters. The first-order chi connectivity index (χ1) is 13.4. The van der Waals surface area contributed by atoms with E-state index in [4.69, 9.17) is 11.6 Å². The Balaban J connectivity index is 1.50. The predicted molar refractivity (Wildman–Crippen MR) is 111 cm³/mol. The fraction of sp³-hybridized carbons (Fsp3) is 0.158. The van der Waals surface area contributed by atoms with Crippen LogP contribution in [0.3, 0.4) is 0 Å². The van der Waals surface area contributed by atoms with Crippen molar-refractivity contribution >= 4 is 45.1 Å². The number of rotatable bonds is 4. The van der Waals surface area contributed by atoms with Gasteiger partial charge in [0.05, 0.1) is 17.5 Å². The van der Waals surface area contributed by atoms with Crippen LogP contribution in [-0.2, 0) is 18.4 Å². The SMILES string of the molecule is Cc1ccc(-c2csc(NC(=O)Cn3cnc4c3ccc(=O)n4C)n2)cc1Cl. The molecular formula is C19H16ClN5O2S. The number of thiazole rings is 1. The molecule has 0 bridgehead atoms. The number of nitrogens with zero attached hydrogens (tertiary/aromatic N) is 4. The van der Waals surface area contributed by atoms with Crippen LogP contribution in [0.25, 0.3) is 22.4 Å². The van der Waals surface area contributed by atoms with Gasteiger partial charge in [-0.15, -0.1) is 11.3 Å². The van der Waals surface area contributed by atoms with E-state index < -0.39 is 0 Å². The van der Waals surface area contributed by atoms with E-state index in [0.29, 0.717) is 21.3 Å². The number of amides is 1. The largest absolute Gasteiger partial charge is 0.320 e. The molecule has 4 aromatic rings. The summed E-state index contributed by atoms with van der Waals surface area (Å²) in [4.78, 5) is 32.8. The van der Waals surface area contributed by atoms with Crippen molar-refractivity contribution in [3.05, 3.63) is 63.0 Å². The molecule has 7 nitrogen and oxygen atoms in total. The van der Waals surface area contributed by atoms with E-state index in [2.05, 4.69) is 15.3 Å². The van der Waals surface area contributed by atoms with Crippen molar-refractivity contribution in [1.29, 1.82) is 0 Å². The molecule has 0 aliphatic rings. The Morgan fingerprint density at radius 2 is 2.11 bits per heavy atom. The number of carbonyl (C=O) groups is 1. The van der Waals surface area contributed by atoms with E-state index in [-0.39, 0.29) is 18.0 Å². The van der Waals surface area contributed by atoms with Crippen molar-refractivity contribution in [3.8, 4) is 11.3 Å². The maximum atomic E-state index is 12.4. The van der Waals surface area contributed by atoms with E-state index in [0.717, 1.165) is 16.8 Å². The molecule has 0 aliphatic carbocycles. The fourth-order valence-electron chi connectivity index (χ4n) is 2.83. The summed E-state index contributed by atoms with van der Waals surface area (Å²) in [5.74, 6) is -0.226. The number of hydrogen-bond acceptors (Lipinski definition) is 5. The Morgan fingerprint density at radius 3 is 2.89 bits per heavy atom. The first kappa shape index (κ1) is 18.4. The quantitative estimate of drug-likeness (QED) is 0.555. The van der Waals surface area contributed by atoms with E-state index in [9.17, 15) is 9.59 Å². The molecule has 142 valence electrons. The predicted octanol–water partition coefficient (Wildman–Crippen LogP) is 3.46. The third-order valence-electron chi connectivity index (χ3n) is 4.42. The van der Waals surface area contributed by atoms with Crippen LogP contribution >= 0.6 is 22.9 Å². The van der Waals surface area contributed by atoms with Crippen LogP contribution in [0, 0.1) is 6.92 Å². The summed E-state index contributed by atoms with van der Waals surface area (Å²) >= 11 is 7.53. The van der Waals surface area contributed by atoms with E-state index in [1.165, 1.54) is 22.0 Å². The molecule has 9 heteroatoms. The van der Waals surface area contributed by atoms with Crippen molar-refractivity contribution in [1.82, 2.24) is 19.1 Å². The summed E-state index contributed by atoms with van der Waals surface area (Å²) in [5.41, 5.74) is 3.76. The number of carbonyl (C=O) groups excluding carboxylic acids is 1. The fourth-order valence-corrected chi connectivity index (χ4v) is 3.75. The highest BCUT2D eigenvalue weighted by Gasteiger charge is 2.12. The van der Waals surface area contributed by atoms with E-state index in [1.54, 1.807) is 24.0 Å². The second kappa shape index (κ2) is 7.21. The number of nitrogens with one attached hydrogen (secondary N) is 1. The summed E-state index contributed by atoms with van der Waals surface area (Å²) in [6.07, 6.45) is 1.55. The highest BCUT2D eigenvalue weighted by atomic mass is 35.5. The average molecular weight is 414 g/mol. The second-order valence-electron chi connectivity index (χ2n) is 6.36. The maximum Gasteiger partial charge on any atom is 0.252 e. The van der Waals surface area contributed by atoms with Crippen LogP contribution in [0.15, 0.2) is 46.8 Å². The number of pyridine rings is 1. The van der Waals surface area contributed by atoms with E-state index >= 15 is 0 Å². The number of benzene rings is 1. The minimum absolute atomic E-state index is 0.0694. The molecule has 28 heavy (non-hydrogen) atoms. The molecule has 1 N–H and O–H groups in total. The van der Waals surface area contributed by atoms with Gasteiger partial charge in [-0.3, -0.25) is 14.2 Å². The van der Waals surface area contributed by atoms with Gasteiger partial charge < -0.3 is 9.88 Å². The summed E-state index contributed by atoms with van der Waals surface area (Å²) in [7, 11) is 1.65. The van der Waals surface area contributed by atoms with Gasteiger partial charge in [0.25, 0.3) is 5.56 Å². The zero-order chi connectivity index (χ0) is 19.8. The molecular weight excluding hydrogens is 398 g/mol. The lowest BCUT2D eigenvalue weighted by Crippen LogP contribution is -2.19. The number of fused-ring (bicyclic) bond motifs is 1. The van der Waals surface area contributed by atoms with Gasteiger partial charge in [0.1, 0.15) is 6.54 Å². The van der Waals surface area contributed by atoms with Crippen molar-refractivity contribution in [3.63, 3.8) is 0 Å². The van der Waals surface area contributed by atoms with E-state index in [1.807, 2.05) is 30.5 Å². The minimum atomic E-state index is -0.226. The first-order valence-corrected chi connectivity index (χ1v) is 9.71. The Morgan fingerprint density at radius 1 is 1.29 bits per heavy atom. The molecule has 1 amide bonds. The maximum absolute atomic E-state index is 12.4. The smallest absolute Gasteiger partial charge is 0.252 e. The Kier molecular flexibility index (Phi) is 4.74. The van der Waals surface area contributed by atoms with Gasteiger partial charge in [-0.05, 0) is 24.6 Å². The number of hydrogen-bond donors (Lipinski definition) is 1. The zero-order valence-electron chi connectivity index (χ0n) is 15.1. The van der Waals surface area contributed by atoms with Gasteiger partial charge in [-0.25, -0.2) is 9.97 Å². The monoisotopic (exact) mass is 413 g/mol. The molecule has 0 atom stereocenters. The van der Waals surface area contributed by atoms with Gasteiger partial charge in [0.15, 0.2) is 10.8 Å². The third kappa shape index (κ3) is 3.44. The van der Waals surface area contributed by atoms with Crippen molar-refractivity contribution in [2.24, 2.45) is 7.05 Å². The standard InChI is InChI=1S/C19H16ClN5O2S/c1-11-3-4-12(7-13(11)20)14-9-28-19(22-14)23-16(26)8-25-10-21-18-15(25)5-6-17(27)24(18)2/h3-7,9-10H,8H2,1-2H3,(H,22,23,26). The summed E-state index contributed by atoms with van der Waals surface area (Å²) in [6.45, 7) is 2.01. The van der Waals surface area contributed by atoms with Crippen molar-refractivity contribution in [2.75, 3.05) is 5.32 Å². The lowest BCUT2D eigenvalue weighted by Gasteiger charge is -2.05. The van der Waals surface area contributed by atoms with Gasteiger partial charge >= 0.3 is 0 Å². The molecule has 0 fully saturated rings. The molecule has 0 aliphatic heterocycles. The van der Waals surface area contributed by atoms with Gasteiger partial charge in [-0.2, -0.15) is 0 Å². The second-order valence-corrected chi connectivity index (χ2v) is 7.63. The minimum Gasteiger partial charge on any atom is -0.320 e. The van der Waals surface area contributed by atoms with Gasteiger partial charge in [-0.1, -0.05) is 23.7 Å². The average Bonchev–Trinajstić information content (AvgIpc) is 3.28. The number of imidazole rings is 1. The van der Waals surface area contributed by atoms with Gasteiger partial charge in [0, 0.05) is 29.1 Å². The Hall–Kier alpha value is -2.97. The highest BCUT2D eigenvalue weighted by Crippen LogP contribution is 2.28. The van der Waals surface area contributed by atoms with Crippen LogP contribution in [-0.4, -0.2) is 25.0 Å². The van der Waals surface area contributed by atoms with Crippen molar-refractivity contribution in [2.45, 2.75) is 13.5 Å². The van der Waals surface area contributed by atoms with Crippen LogP contribution in [0.2, 0.25) is 5.02 Å². The summed E-state index contributed by atoms with van der Waals surface area (Å²) in [5, 5.41) is 5.87. The molecule has 3 heterocycles. The van der Waals surface area contributed by atoms with Crippen LogP contribution in [0.4, 0.5) is 5.13 Å². The summed E-state index contributed by atoms with van der Waals surface area (Å²) < 4.78 is 3.14. The lowest BCUT2D eigenvalue weighted by molar-refractivity contribution is -0.116. The summed E-state index contributed by atoms with van der Waals surface area (Å²) in [6, 6.07) is 8.87. The topological polar surface area (TPSA) is 81.8 Å². The normalized spacial score (nSPS) is 11.1. The molecule has 0 saturated carbocycles. The molecule has 4 rings (SSSR count). The number of aryl methyl sites for hydroxylation is 2. The van der Waals surface area contributed by atoms with Crippen LogP contribution in [0.5, 0.6) is 0 Å².